The first-order chi connectivity index (χ1) is 10.1. The first-order valence-electron chi connectivity index (χ1n) is 6.92. The van der Waals surface area contributed by atoms with Crippen molar-refractivity contribution in [3.8, 4) is 0 Å². The normalized spacial score (nSPS) is 13.8. The van der Waals surface area contributed by atoms with Crippen molar-refractivity contribution in [1.82, 2.24) is 0 Å². The van der Waals surface area contributed by atoms with Crippen molar-refractivity contribution in [3.63, 3.8) is 0 Å². The number of carbonyl (C=O) groups is 2. The zero-order valence-electron chi connectivity index (χ0n) is 11.8. The van der Waals surface area contributed by atoms with Crippen LogP contribution in [0.1, 0.15) is 22.3 Å². The van der Waals surface area contributed by atoms with Gasteiger partial charge in [-0.1, -0.05) is 29.8 Å². The summed E-state index contributed by atoms with van der Waals surface area (Å²) in [7, 11) is 0. The van der Waals surface area contributed by atoms with E-state index in [0.717, 1.165) is 11.3 Å². The van der Waals surface area contributed by atoms with Crippen LogP contribution < -0.4 is 10.2 Å². The summed E-state index contributed by atoms with van der Waals surface area (Å²) in [5.74, 6) is 0.0949. The predicted molar refractivity (Wildman–Crippen MR) is 82.9 cm³/mol. The average Bonchev–Trinajstić information content (AvgIpc) is 2.49. The van der Waals surface area contributed by atoms with E-state index in [4.69, 9.17) is 0 Å². The van der Waals surface area contributed by atoms with E-state index < -0.39 is 0 Å². The first kappa shape index (κ1) is 13.4. The quantitative estimate of drug-likeness (QED) is 0.867. The molecule has 0 spiro atoms. The van der Waals surface area contributed by atoms with Gasteiger partial charge in [0.15, 0.2) is 5.78 Å². The second-order valence-electron chi connectivity index (χ2n) is 5.14. The number of urea groups is 1. The highest BCUT2D eigenvalue weighted by Crippen LogP contribution is 2.28. The lowest BCUT2D eigenvalue weighted by atomic mass is 9.98. The van der Waals surface area contributed by atoms with Crippen molar-refractivity contribution in [1.29, 1.82) is 0 Å². The summed E-state index contributed by atoms with van der Waals surface area (Å²) in [5.41, 5.74) is 3.08. The molecule has 3 rings (SSSR count). The monoisotopic (exact) mass is 280 g/mol. The van der Waals surface area contributed by atoms with Crippen LogP contribution in [0, 0.1) is 6.92 Å². The summed E-state index contributed by atoms with van der Waals surface area (Å²) >= 11 is 0. The Morgan fingerprint density at radius 2 is 1.90 bits per heavy atom. The van der Waals surface area contributed by atoms with Gasteiger partial charge in [0.05, 0.1) is 5.69 Å². The minimum atomic E-state index is -0.209. The van der Waals surface area contributed by atoms with E-state index in [2.05, 4.69) is 5.32 Å². The summed E-state index contributed by atoms with van der Waals surface area (Å²) in [6, 6.07) is 14.7. The number of benzene rings is 2. The van der Waals surface area contributed by atoms with Gasteiger partial charge in [0.1, 0.15) is 0 Å². The van der Waals surface area contributed by atoms with Crippen LogP contribution in [0.25, 0.3) is 0 Å². The van der Waals surface area contributed by atoms with Gasteiger partial charge in [0.2, 0.25) is 0 Å². The van der Waals surface area contributed by atoms with Crippen LogP contribution in [0.3, 0.4) is 0 Å². The zero-order chi connectivity index (χ0) is 14.8. The Labute approximate surface area is 123 Å². The minimum absolute atomic E-state index is 0.0949. The lowest BCUT2D eigenvalue weighted by molar-refractivity contribution is 0.0981. The summed E-state index contributed by atoms with van der Waals surface area (Å²) in [6.45, 7) is 2.35. The van der Waals surface area contributed by atoms with E-state index in [0.29, 0.717) is 24.2 Å². The summed E-state index contributed by atoms with van der Waals surface area (Å²) in [5, 5.41) is 2.86. The smallest absolute Gasteiger partial charge is 0.308 e. The molecule has 1 heterocycles. The van der Waals surface area contributed by atoms with Crippen LogP contribution in [0.5, 0.6) is 0 Å². The molecule has 106 valence electrons. The number of hydrogen-bond acceptors (Lipinski definition) is 2. The molecule has 1 aliphatic rings. The van der Waals surface area contributed by atoms with E-state index >= 15 is 0 Å². The minimum Gasteiger partial charge on any atom is -0.308 e. The molecule has 0 unspecified atom stereocenters. The van der Waals surface area contributed by atoms with Crippen molar-refractivity contribution < 1.29 is 9.59 Å². The second kappa shape index (κ2) is 5.40. The molecular formula is C17H16N2O2. The number of rotatable bonds is 1. The van der Waals surface area contributed by atoms with Crippen LogP contribution in [-0.2, 0) is 0 Å². The van der Waals surface area contributed by atoms with Crippen LogP contribution in [-0.4, -0.2) is 18.4 Å². The molecule has 1 N–H and O–H groups in total. The maximum absolute atomic E-state index is 12.4. The highest BCUT2D eigenvalue weighted by atomic mass is 16.2. The Balaban J connectivity index is 1.89. The number of Topliss-reactive ketones (excluding diaryl/α,β-unsaturated/α-hetero) is 1. The fourth-order valence-electron chi connectivity index (χ4n) is 2.50. The number of anilines is 2. The third kappa shape index (κ3) is 2.65. The first-order valence-corrected chi connectivity index (χ1v) is 6.92. The van der Waals surface area contributed by atoms with Crippen molar-refractivity contribution in [3.05, 3.63) is 59.7 Å². The highest BCUT2D eigenvalue weighted by Gasteiger charge is 2.27. The van der Waals surface area contributed by atoms with Gasteiger partial charge in [-0.25, -0.2) is 4.79 Å². The molecule has 4 nitrogen and oxygen atoms in total. The van der Waals surface area contributed by atoms with Crippen molar-refractivity contribution >= 4 is 23.2 Å². The van der Waals surface area contributed by atoms with Crippen LogP contribution >= 0.6 is 0 Å². The lowest BCUT2D eigenvalue weighted by Crippen LogP contribution is -2.40. The standard InChI is InChI=1S/C17H16N2O2/c1-12-7-8-15-14(11-12)16(20)9-10-19(15)17(21)18-13-5-3-2-4-6-13/h2-8,11H,9-10H2,1H3,(H,18,21). The van der Waals surface area contributed by atoms with Crippen molar-refractivity contribution in [2.24, 2.45) is 0 Å². The van der Waals surface area contributed by atoms with E-state index in [-0.39, 0.29) is 11.8 Å². The van der Waals surface area contributed by atoms with Crippen molar-refractivity contribution in [2.75, 3.05) is 16.8 Å². The molecule has 2 aromatic rings. The van der Waals surface area contributed by atoms with Gasteiger partial charge in [-0.15, -0.1) is 0 Å². The number of fused-ring (bicyclic) bond motifs is 1. The zero-order valence-corrected chi connectivity index (χ0v) is 11.8. The molecule has 0 atom stereocenters. The SMILES string of the molecule is Cc1ccc2c(c1)C(=O)CCN2C(=O)Nc1ccccc1. The van der Waals surface area contributed by atoms with Gasteiger partial charge in [-0.3, -0.25) is 9.69 Å². The molecule has 2 amide bonds. The maximum atomic E-state index is 12.4. The van der Waals surface area contributed by atoms with Gasteiger partial charge < -0.3 is 5.32 Å². The highest BCUT2D eigenvalue weighted by molar-refractivity contribution is 6.11. The van der Waals surface area contributed by atoms with E-state index in [1.54, 1.807) is 4.90 Å². The number of nitrogens with one attached hydrogen (secondary N) is 1. The van der Waals surface area contributed by atoms with Crippen LogP contribution in [0.2, 0.25) is 0 Å². The number of ketones is 1. The third-order valence-corrected chi connectivity index (χ3v) is 3.58. The molecule has 4 heteroatoms. The second-order valence-corrected chi connectivity index (χ2v) is 5.14. The Kier molecular flexibility index (Phi) is 3.44. The van der Waals surface area contributed by atoms with Gasteiger partial charge in [-0.05, 0) is 31.2 Å². The van der Waals surface area contributed by atoms with E-state index in [1.165, 1.54) is 0 Å². The van der Waals surface area contributed by atoms with Gasteiger partial charge in [0.25, 0.3) is 0 Å². The Morgan fingerprint density at radius 3 is 2.67 bits per heavy atom. The van der Waals surface area contributed by atoms with Gasteiger partial charge in [0, 0.05) is 24.2 Å². The molecule has 0 aromatic heterocycles. The van der Waals surface area contributed by atoms with Crippen LogP contribution in [0.4, 0.5) is 16.2 Å². The predicted octanol–water partition coefficient (Wildman–Crippen LogP) is 3.62. The Morgan fingerprint density at radius 1 is 1.14 bits per heavy atom. The number of para-hydroxylation sites is 1. The lowest BCUT2D eigenvalue weighted by Gasteiger charge is -2.29. The number of amides is 2. The molecule has 0 radical (unpaired) electrons. The molecule has 21 heavy (non-hydrogen) atoms. The average molecular weight is 280 g/mol. The molecule has 0 saturated carbocycles. The molecule has 0 saturated heterocycles. The summed E-state index contributed by atoms with van der Waals surface area (Å²) in [4.78, 5) is 26.1. The maximum Gasteiger partial charge on any atom is 0.326 e. The van der Waals surface area contributed by atoms with E-state index in [9.17, 15) is 9.59 Å². The molecule has 0 fully saturated rings. The third-order valence-electron chi connectivity index (χ3n) is 3.58. The summed E-state index contributed by atoms with van der Waals surface area (Å²) < 4.78 is 0. The van der Waals surface area contributed by atoms with Crippen molar-refractivity contribution in [2.45, 2.75) is 13.3 Å². The Bertz CT molecular complexity index is 695. The number of hydrogen-bond donors (Lipinski definition) is 1. The topological polar surface area (TPSA) is 49.4 Å². The molecular weight excluding hydrogens is 264 g/mol. The molecule has 0 aliphatic carbocycles. The van der Waals surface area contributed by atoms with Gasteiger partial charge >= 0.3 is 6.03 Å². The number of carbonyl (C=O) groups excluding carboxylic acids is 2. The van der Waals surface area contributed by atoms with E-state index in [1.807, 2.05) is 55.5 Å². The molecule has 2 aromatic carbocycles. The Hall–Kier alpha value is -2.62. The molecule has 0 bridgehead atoms. The number of aryl methyl sites for hydroxylation is 1. The molecule has 1 aliphatic heterocycles. The van der Waals surface area contributed by atoms with Gasteiger partial charge in [-0.2, -0.15) is 0 Å². The fourth-order valence-corrected chi connectivity index (χ4v) is 2.50. The largest absolute Gasteiger partial charge is 0.326 e. The summed E-state index contributed by atoms with van der Waals surface area (Å²) in [6.07, 6.45) is 0.360. The van der Waals surface area contributed by atoms with Crippen LogP contribution in [0.15, 0.2) is 48.5 Å². The number of nitrogens with zero attached hydrogens (tertiary/aromatic N) is 1. The fraction of sp³-hybridized carbons (Fsp3) is 0.176.